The molecule has 1 aliphatic carbocycles. The summed E-state index contributed by atoms with van der Waals surface area (Å²) in [4.78, 5) is 23.1. The maximum Gasteiger partial charge on any atom is 0.326 e. The lowest BCUT2D eigenvalue weighted by Gasteiger charge is -2.29. The molecule has 1 unspecified atom stereocenters. The minimum atomic E-state index is -0.953. The topological polar surface area (TPSA) is 92.4 Å². The van der Waals surface area contributed by atoms with Gasteiger partial charge in [-0.2, -0.15) is 0 Å². The Morgan fingerprint density at radius 1 is 1.22 bits per heavy atom. The van der Waals surface area contributed by atoms with Crippen molar-refractivity contribution in [3.05, 3.63) is 0 Å². The minimum absolute atomic E-state index is 0.00537. The first-order valence-electron chi connectivity index (χ1n) is 6.72. The van der Waals surface area contributed by atoms with Crippen LogP contribution in [-0.4, -0.2) is 29.1 Å². The quantitative estimate of drug-likeness (QED) is 0.687. The van der Waals surface area contributed by atoms with Crippen molar-refractivity contribution in [1.82, 2.24) is 5.32 Å². The van der Waals surface area contributed by atoms with Crippen molar-refractivity contribution in [2.75, 3.05) is 0 Å². The second kappa shape index (κ2) is 6.73. The van der Waals surface area contributed by atoms with Gasteiger partial charge in [-0.3, -0.25) is 4.79 Å². The summed E-state index contributed by atoms with van der Waals surface area (Å²) in [6.07, 6.45) is 4.98. The molecule has 104 valence electrons. The van der Waals surface area contributed by atoms with E-state index in [1.54, 1.807) is 0 Å². The highest BCUT2D eigenvalue weighted by molar-refractivity contribution is 5.87. The van der Waals surface area contributed by atoms with Gasteiger partial charge >= 0.3 is 5.97 Å². The SMILES string of the molecule is CC(C)[C@@H](N)C(=O)NC(C(=O)O)C1CCCCC1. The molecule has 4 N–H and O–H groups in total. The van der Waals surface area contributed by atoms with Crippen molar-refractivity contribution in [3.8, 4) is 0 Å². The van der Waals surface area contributed by atoms with Gasteiger partial charge in [0.25, 0.3) is 0 Å². The lowest BCUT2D eigenvalue weighted by molar-refractivity contribution is -0.144. The first kappa shape index (κ1) is 15.0. The van der Waals surface area contributed by atoms with Gasteiger partial charge in [0.15, 0.2) is 0 Å². The fourth-order valence-electron chi connectivity index (χ4n) is 2.40. The summed E-state index contributed by atoms with van der Waals surface area (Å²) in [5.41, 5.74) is 5.73. The first-order chi connectivity index (χ1) is 8.43. The number of hydrogen-bond acceptors (Lipinski definition) is 3. The smallest absolute Gasteiger partial charge is 0.326 e. The molecule has 5 heteroatoms. The summed E-state index contributed by atoms with van der Waals surface area (Å²) in [5.74, 6) is -1.26. The van der Waals surface area contributed by atoms with E-state index in [-0.39, 0.29) is 17.7 Å². The van der Waals surface area contributed by atoms with Crippen molar-refractivity contribution < 1.29 is 14.7 Å². The number of carboxylic acids is 1. The molecule has 0 spiro atoms. The van der Waals surface area contributed by atoms with Crippen LogP contribution < -0.4 is 11.1 Å². The lowest BCUT2D eigenvalue weighted by Crippen LogP contribution is -2.53. The zero-order chi connectivity index (χ0) is 13.7. The van der Waals surface area contributed by atoms with Gasteiger partial charge in [-0.05, 0) is 24.7 Å². The highest BCUT2D eigenvalue weighted by Gasteiger charge is 2.32. The molecular formula is C13H24N2O3. The molecule has 0 aliphatic heterocycles. The Balaban J connectivity index is 2.62. The van der Waals surface area contributed by atoms with Gasteiger partial charge in [0.1, 0.15) is 6.04 Å². The molecule has 2 atom stereocenters. The molecule has 0 aromatic rings. The Kier molecular flexibility index (Phi) is 5.59. The van der Waals surface area contributed by atoms with Gasteiger partial charge in [0, 0.05) is 0 Å². The third kappa shape index (κ3) is 3.98. The number of carboxylic acid groups (broad SMARTS) is 1. The van der Waals surface area contributed by atoms with Gasteiger partial charge in [0.05, 0.1) is 6.04 Å². The van der Waals surface area contributed by atoms with E-state index in [0.717, 1.165) is 32.1 Å². The average molecular weight is 256 g/mol. The van der Waals surface area contributed by atoms with Crippen LogP contribution in [0.3, 0.4) is 0 Å². The van der Waals surface area contributed by atoms with E-state index in [1.807, 2.05) is 13.8 Å². The number of hydrogen-bond donors (Lipinski definition) is 3. The molecule has 0 aromatic heterocycles. The number of amides is 1. The van der Waals surface area contributed by atoms with E-state index in [9.17, 15) is 14.7 Å². The van der Waals surface area contributed by atoms with Crippen LogP contribution in [0.1, 0.15) is 46.0 Å². The monoisotopic (exact) mass is 256 g/mol. The standard InChI is InChI=1S/C13H24N2O3/c1-8(2)10(14)12(16)15-11(13(17)18)9-6-4-3-5-7-9/h8-11H,3-7,14H2,1-2H3,(H,15,16)(H,17,18)/t10-,11?/m1/s1. The van der Waals surface area contributed by atoms with E-state index in [2.05, 4.69) is 5.32 Å². The molecule has 1 aliphatic rings. The predicted molar refractivity (Wildman–Crippen MR) is 69.0 cm³/mol. The molecule has 0 bridgehead atoms. The summed E-state index contributed by atoms with van der Waals surface area (Å²) in [7, 11) is 0. The lowest BCUT2D eigenvalue weighted by atomic mass is 9.83. The number of nitrogens with two attached hydrogens (primary N) is 1. The van der Waals surface area contributed by atoms with E-state index >= 15 is 0 Å². The molecule has 0 heterocycles. The Morgan fingerprint density at radius 2 is 1.78 bits per heavy atom. The third-order valence-electron chi connectivity index (χ3n) is 3.71. The van der Waals surface area contributed by atoms with E-state index in [4.69, 9.17) is 5.73 Å². The van der Waals surface area contributed by atoms with Crippen LogP contribution in [0.4, 0.5) is 0 Å². The zero-order valence-electron chi connectivity index (χ0n) is 11.2. The molecule has 1 fully saturated rings. The molecular weight excluding hydrogens is 232 g/mol. The van der Waals surface area contributed by atoms with E-state index < -0.39 is 18.1 Å². The predicted octanol–water partition coefficient (Wildman–Crippen LogP) is 1.12. The zero-order valence-corrected chi connectivity index (χ0v) is 11.2. The third-order valence-corrected chi connectivity index (χ3v) is 3.71. The molecule has 1 rings (SSSR count). The van der Waals surface area contributed by atoms with E-state index in [1.165, 1.54) is 0 Å². The van der Waals surface area contributed by atoms with Crippen molar-refractivity contribution in [2.45, 2.75) is 58.0 Å². The van der Waals surface area contributed by atoms with Crippen molar-refractivity contribution in [3.63, 3.8) is 0 Å². The molecule has 18 heavy (non-hydrogen) atoms. The normalized spacial score (nSPS) is 20.4. The van der Waals surface area contributed by atoms with Crippen LogP contribution in [0, 0.1) is 11.8 Å². The molecule has 0 radical (unpaired) electrons. The number of carbonyl (C=O) groups is 2. The molecule has 0 saturated heterocycles. The fraction of sp³-hybridized carbons (Fsp3) is 0.846. The maximum atomic E-state index is 11.8. The Bertz CT molecular complexity index is 299. The summed E-state index contributed by atoms with van der Waals surface area (Å²) < 4.78 is 0. The molecule has 1 saturated carbocycles. The summed E-state index contributed by atoms with van der Waals surface area (Å²) in [6, 6.07) is -1.43. The second-order valence-corrected chi connectivity index (χ2v) is 5.49. The summed E-state index contributed by atoms with van der Waals surface area (Å²) >= 11 is 0. The van der Waals surface area contributed by atoms with Gasteiger partial charge in [-0.15, -0.1) is 0 Å². The van der Waals surface area contributed by atoms with Crippen molar-refractivity contribution >= 4 is 11.9 Å². The highest BCUT2D eigenvalue weighted by atomic mass is 16.4. The second-order valence-electron chi connectivity index (χ2n) is 5.49. The average Bonchev–Trinajstić information content (AvgIpc) is 2.35. The highest BCUT2D eigenvalue weighted by Crippen LogP contribution is 2.26. The number of nitrogens with one attached hydrogen (secondary N) is 1. The molecule has 0 aromatic carbocycles. The maximum absolute atomic E-state index is 11.8. The largest absolute Gasteiger partial charge is 0.480 e. The van der Waals surface area contributed by atoms with Crippen molar-refractivity contribution in [2.24, 2.45) is 17.6 Å². The van der Waals surface area contributed by atoms with Gasteiger partial charge < -0.3 is 16.2 Å². The number of rotatable bonds is 5. The van der Waals surface area contributed by atoms with Gasteiger partial charge in [-0.1, -0.05) is 33.1 Å². The summed E-state index contributed by atoms with van der Waals surface area (Å²) in [5, 5.41) is 11.8. The Morgan fingerprint density at radius 3 is 2.22 bits per heavy atom. The Labute approximate surface area is 108 Å². The molecule has 1 amide bonds. The van der Waals surface area contributed by atoms with Gasteiger partial charge in [0.2, 0.25) is 5.91 Å². The molecule has 5 nitrogen and oxygen atoms in total. The van der Waals surface area contributed by atoms with Crippen LogP contribution in [0.15, 0.2) is 0 Å². The van der Waals surface area contributed by atoms with E-state index in [0.29, 0.717) is 0 Å². The minimum Gasteiger partial charge on any atom is -0.480 e. The fourth-order valence-corrected chi connectivity index (χ4v) is 2.40. The first-order valence-corrected chi connectivity index (χ1v) is 6.72. The van der Waals surface area contributed by atoms with Crippen LogP contribution >= 0.6 is 0 Å². The van der Waals surface area contributed by atoms with Crippen LogP contribution in [-0.2, 0) is 9.59 Å². The van der Waals surface area contributed by atoms with Crippen LogP contribution in [0.25, 0.3) is 0 Å². The van der Waals surface area contributed by atoms with Crippen molar-refractivity contribution in [1.29, 1.82) is 0 Å². The van der Waals surface area contributed by atoms with Crippen LogP contribution in [0.5, 0.6) is 0 Å². The van der Waals surface area contributed by atoms with Gasteiger partial charge in [-0.25, -0.2) is 4.79 Å². The number of aliphatic carboxylic acids is 1. The summed E-state index contributed by atoms with van der Waals surface area (Å²) in [6.45, 7) is 3.70. The van der Waals surface area contributed by atoms with Crippen LogP contribution in [0.2, 0.25) is 0 Å². The number of carbonyl (C=O) groups excluding carboxylic acids is 1. The Hall–Kier alpha value is -1.10.